The molecule has 1 aliphatic heterocycles. The van der Waals surface area contributed by atoms with Gasteiger partial charge in [-0.05, 0) is 79.1 Å². The number of nitrogens with zero attached hydrogens (tertiary/aromatic N) is 1. The molecule has 0 saturated heterocycles. The topological polar surface area (TPSA) is 82.1 Å². The SMILES string of the molecule is COc1ccc(-c2cc3c(s2)C(=O)N(c2ccc(OS(=O)(=O)c4ccc(C)cc4)c(OC)c2)CC3)cc1. The maximum absolute atomic E-state index is 13.4. The van der Waals surface area contributed by atoms with Gasteiger partial charge in [-0.1, -0.05) is 17.7 Å². The van der Waals surface area contributed by atoms with Crippen molar-refractivity contribution in [2.75, 3.05) is 25.7 Å². The lowest BCUT2D eigenvalue weighted by molar-refractivity contribution is 0.0985. The Morgan fingerprint density at radius 2 is 1.59 bits per heavy atom. The molecule has 190 valence electrons. The van der Waals surface area contributed by atoms with Gasteiger partial charge in [0.25, 0.3) is 5.91 Å². The van der Waals surface area contributed by atoms with Crippen molar-refractivity contribution in [3.8, 4) is 27.7 Å². The van der Waals surface area contributed by atoms with Crippen molar-refractivity contribution in [1.82, 2.24) is 0 Å². The number of hydrogen-bond donors (Lipinski definition) is 0. The number of ether oxygens (including phenoxy) is 2. The maximum Gasteiger partial charge on any atom is 0.339 e. The van der Waals surface area contributed by atoms with Crippen LogP contribution in [0.15, 0.2) is 77.7 Å². The summed E-state index contributed by atoms with van der Waals surface area (Å²) in [5.41, 5.74) is 3.59. The van der Waals surface area contributed by atoms with Gasteiger partial charge in [-0.15, -0.1) is 11.3 Å². The van der Waals surface area contributed by atoms with Crippen molar-refractivity contribution in [1.29, 1.82) is 0 Å². The fraction of sp³-hybridized carbons (Fsp3) is 0.179. The number of methoxy groups -OCH3 is 2. The van der Waals surface area contributed by atoms with Crippen LogP contribution in [0.2, 0.25) is 0 Å². The van der Waals surface area contributed by atoms with E-state index >= 15 is 0 Å². The van der Waals surface area contributed by atoms with E-state index in [2.05, 4.69) is 6.07 Å². The largest absolute Gasteiger partial charge is 0.497 e. The number of hydrogen-bond acceptors (Lipinski definition) is 7. The number of anilines is 1. The van der Waals surface area contributed by atoms with Gasteiger partial charge in [0.2, 0.25) is 0 Å². The Kier molecular flexibility index (Phi) is 6.66. The van der Waals surface area contributed by atoms with E-state index in [1.807, 2.05) is 31.2 Å². The second-order valence-corrected chi connectivity index (χ2v) is 11.2. The number of aryl methyl sites for hydroxylation is 1. The van der Waals surface area contributed by atoms with Crippen LogP contribution >= 0.6 is 11.3 Å². The van der Waals surface area contributed by atoms with E-state index in [1.165, 1.54) is 36.6 Å². The van der Waals surface area contributed by atoms with Crippen LogP contribution in [0.25, 0.3) is 10.4 Å². The third-order valence-corrected chi connectivity index (χ3v) is 8.66. The standard InChI is InChI=1S/C28H25NO6S2/c1-18-4-11-23(12-5-18)37(31,32)35-24-13-8-21(17-25(24)34-3)29-15-14-20-16-26(36-27(20)28(29)30)19-6-9-22(33-2)10-7-19/h4-13,16-17H,14-15H2,1-3H3. The van der Waals surface area contributed by atoms with Crippen molar-refractivity contribution in [3.63, 3.8) is 0 Å². The quantitative estimate of drug-likeness (QED) is 0.282. The highest BCUT2D eigenvalue weighted by molar-refractivity contribution is 7.87. The van der Waals surface area contributed by atoms with Crippen molar-refractivity contribution >= 4 is 33.0 Å². The number of fused-ring (bicyclic) bond motifs is 1. The fourth-order valence-corrected chi connectivity index (χ4v) is 6.26. The zero-order chi connectivity index (χ0) is 26.2. The van der Waals surface area contributed by atoms with E-state index in [-0.39, 0.29) is 22.3 Å². The molecule has 0 N–H and O–H groups in total. The number of carbonyl (C=O) groups is 1. The predicted molar refractivity (Wildman–Crippen MR) is 144 cm³/mol. The smallest absolute Gasteiger partial charge is 0.339 e. The Morgan fingerprint density at radius 3 is 2.27 bits per heavy atom. The van der Waals surface area contributed by atoms with Gasteiger partial charge in [-0.25, -0.2) is 0 Å². The average Bonchev–Trinajstić information content (AvgIpc) is 3.35. The highest BCUT2D eigenvalue weighted by Crippen LogP contribution is 2.39. The summed E-state index contributed by atoms with van der Waals surface area (Å²) < 4.78 is 41.6. The normalized spacial score (nSPS) is 13.3. The molecule has 1 amide bonds. The molecule has 0 atom stereocenters. The zero-order valence-corrected chi connectivity index (χ0v) is 22.2. The van der Waals surface area contributed by atoms with Crippen LogP contribution in [0.4, 0.5) is 5.69 Å². The third kappa shape index (κ3) is 4.92. The van der Waals surface area contributed by atoms with Gasteiger partial charge in [0.05, 0.1) is 19.1 Å². The minimum atomic E-state index is -4.05. The molecule has 4 aromatic rings. The van der Waals surface area contributed by atoms with Gasteiger partial charge >= 0.3 is 10.1 Å². The lowest BCUT2D eigenvalue weighted by Gasteiger charge is -2.27. The van der Waals surface area contributed by atoms with E-state index < -0.39 is 10.1 Å². The van der Waals surface area contributed by atoms with Crippen molar-refractivity contribution in [2.24, 2.45) is 0 Å². The molecule has 1 aromatic heterocycles. The second-order valence-electron chi connectivity index (χ2n) is 8.59. The van der Waals surface area contributed by atoms with Crippen LogP contribution in [0.3, 0.4) is 0 Å². The fourth-order valence-electron chi connectivity index (χ4n) is 4.16. The zero-order valence-electron chi connectivity index (χ0n) is 20.6. The first-order valence-corrected chi connectivity index (χ1v) is 13.8. The van der Waals surface area contributed by atoms with E-state index in [1.54, 1.807) is 36.3 Å². The van der Waals surface area contributed by atoms with E-state index in [0.29, 0.717) is 23.5 Å². The minimum Gasteiger partial charge on any atom is -0.497 e. The average molecular weight is 536 g/mol. The summed E-state index contributed by atoms with van der Waals surface area (Å²) in [6.07, 6.45) is 0.704. The third-order valence-electron chi connectivity index (χ3n) is 6.20. The van der Waals surface area contributed by atoms with Gasteiger partial charge in [-0.3, -0.25) is 4.79 Å². The van der Waals surface area contributed by atoms with Gasteiger partial charge in [0, 0.05) is 23.2 Å². The molecule has 5 rings (SSSR count). The summed E-state index contributed by atoms with van der Waals surface area (Å²) in [4.78, 5) is 16.9. The number of rotatable bonds is 7. The first kappa shape index (κ1) is 24.9. The molecule has 0 unspecified atom stereocenters. The molecular formula is C28H25NO6S2. The summed E-state index contributed by atoms with van der Waals surface area (Å²) in [6, 6.07) is 21.0. The summed E-state index contributed by atoms with van der Waals surface area (Å²) >= 11 is 1.46. The lowest BCUT2D eigenvalue weighted by atomic mass is 10.1. The molecule has 0 fully saturated rings. The van der Waals surface area contributed by atoms with Crippen molar-refractivity contribution in [3.05, 3.63) is 88.8 Å². The van der Waals surface area contributed by atoms with Crippen LogP contribution in [-0.2, 0) is 16.5 Å². The molecule has 3 aromatic carbocycles. The molecule has 0 bridgehead atoms. The Bertz CT molecular complexity index is 1560. The van der Waals surface area contributed by atoms with Crippen molar-refractivity contribution in [2.45, 2.75) is 18.2 Å². The molecule has 1 aliphatic rings. The lowest BCUT2D eigenvalue weighted by Crippen LogP contribution is -2.36. The monoisotopic (exact) mass is 535 g/mol. The summed E-state index contributed by atoms with van der Waals surface area (Å²) in [5.74, 6) is 0.946. The van der Waals surface area contributed by atoms with E-state index in [4.69, 9.17) is 13.7 Å². The number of benzene rings is 3. The molecule has 0 spiro atoms. The minimum absolute atomic E-state index is 0.0494. The Balaban J connectivity index is 1.39. The summed E-state index contributed by atoms with van der Waals surface area (Å²) in [6.45, 7) is 2.37. The molecular weight excluding hydrogens is 510 g/mol. The summed E-state index contributed by atoms with van der Waals surface area (Å²) in [7, 11) is -0.987. The van der Waals surface area contributed by atoms with Crippen LogP contribution in [0.1, 0.15) is 20.8 Å². The molecule has 2 heterocycles. The molecule has 0 radical (unpaired) electrons. The highest BCUT2D eigenvalue weighted by atomic mass is 32.2. The molecule has 9 heteroatoms. The van der Waals surface area contributed by atoms with Crippen molar-refractivity contribution < 1.29 is 26.9 Å². The van der Waals surface area contributed by atoms with Gasteiger partial charge in [0.1, 0.15) is 10.6 Å². The number of carbonyl (C=O) groups excluding carboxylic acids is 1. The van der Waals surface area contributed by atoms with Crippen LogP contribution in [-0.4, -0.2) is 35.1 Å². The maximum atomic E-state index is 13.4. The number of thiophene rings is 1. The molecule has 0 saturated carbocycles. The molecule has 7 nitrogen and oxygen atoms in total. The first-order valence-electron chi connectivity index (χ1n) is 11.6. The Labute approximate surface area is 220 Å². The molecule has 37 heavy (non-hydrogen) atoms. The Hall–Kier alpha value is -3.82. The van der Waals surface area contributed by atoms with Gasteiger partial charge < -0.3 is 18.6 Å². The number of amides is 1. The molecule has 0 aliphatic carbocycles. The Morgan fingerprint density at radius 1 is 0.865 bits per heavy atom. The van der Waals surface area contributed by atoms with E-state index in [0.717, 1.165) is 27.3 Å². The van der Waals surface area contributed by atoms with Crippen LogP contribution < -0.4 is 18.6 Å². The van der Waals surface area contributed by atoms with Gasteiger partial charge in [0.15, 0.2) is 11.5 Å². The van der Waals surface area contributed by atoms with E-state index in [9.17, 15) is 13.2 Å². The van der Waals surface area contributed by atoms with Gasteiger partial charge in [-0.2, -0.15) is 8.42 Å². The second kappa shape index (κ2) is 9.91. The predicted octanol–water partition coefficient (Wildman–Crippen LogP) is 5.71. The van der Waals surface area contributed by atoms with Crippen LogP contribution in [0.5, 0.6) is 17.2 Å². The van der Waals surface area contributed by atoms with Crippen LogP contribution in [0, 0.1) is 6.92 Å². The summed E-state index contributed by atoms with van der Waals surface area (Å²) in [5, 5.41) is 0. The first-order chi connectivity index (χ1) is 17.8. The highest BCUT2D eigenvalue weighted by Gasteiger charge is 2.29.